The standard InChI is InChI=1S/C15H29N3O2/c1-3-9-20-13-5-4-8-18(10-13)11-15(17-2,14(16)19)12-6-7-12/h12-13,17H,3-11H2,1-2H3,(H2,16,19). The summed E-state index contributed by atoms with van der Waals surface area (Å²) in [5.74, 6) is 0.195. The molecule has 116 valence electrons. The van der Waals surface area contributed by atoms with Crippen LogP contribution in [0.2, 0.25) is 0 Å². The van der Waals surface area contributed by atoms with E-state index in [0.717, 1.165) is 58.3 Å². The second kappa shape index (κ2) is 6.87. The second-order valence-corrected chi connectivity index (χ2v) is 6.23. The summed E-state index contributed by atoms with van der Waals surface area (Å²) >= 11 is 0. The SMILES string of the molecule is CCCOC1CCCN(CC(NC)(C(N)=O)C2CC2)C1. The van der Waals surface area contributed by atoms with Crippen molar-refractivity contribution in [2.75, 3.05) is 33.3 Å². The monoisotopic (exact) mass is 283 g/mol. The van der Waals surface area contributed by atoms with Crippen molar-refractivity contribution in [1.29, 1.82) is 0 Å². The smallest absolute Gasteiger partial charge is 0.239 e. The van der Waals surface area contributed by atoms with E-state index in [0.29, 0.717) is 12.0 Å². The Bertz CT molecular complexity index is 333. The maximum absolute atomic E-state index is 12.0. The number of carbonyl (C=O) groups excluding carboxylic acids is 1. The highest BCUT2D eigenvalue weighted by Gasteiger charge is 2.49. The zero-order valence-electron chi connectivity index (χ0n) is 12.9. The molecule has 2 aliphatic rings. The lowest BCUT2D eigenvalue weighted by Gasteiger charge is -2.40. The molecule has 1 amide bonds. The Labute approximate surface area is 122 Å². The molecule has 2 atom stereocenters. The number of hydrogen-bond donors (Lipinski definition) is 2. The van der Waals surface area contributed by atoms with Crippen molar-refractivity contribution in [2.24, 2.45) is 11.7 Å². The summed E-state index contributed by atoms with van der Waals surface area (Å²) in [6, 6.07) is 0. The number of nitrogens with one attached hydrogen (secondary N) is 1. The molecular formula is C15H29N3O2. The van der Waals surface area contributed by atoms with Gasteiger partial charge >= 0.3 is 0 Å². The predicted octanol–water partition coefficient (Wildman–Crippen LogP) is 0.731. The van der Waals surface area contributed by atoms with Crippen LogP contribution < -0.4 is 11.1 Å². The number of carbonyl (C=O) groups is 1. The summed E-state index contributed by atoms with van der Waals surface area (Å²) in [5.41, 5.74) is 5.15. The van der Waals surface area contributed by atoms with E-state index in [9.17, 15) is 4.79 Å². The number of amides is 1. The van der Waals surface area contributed by atoms with Gasteiger partial charge in [0.2, 0.25) is 5.91 Å². The number of nitrogens with two attached hydrogens (primary N) is 1. The molecule has 1 saturated carbocycles. The number of rotatable bonds is 8. The Balaban J connectivity index is 1.94. The fraction of sp³-hybridized carbons (Fsp3) is 0.933. The first-order chi connectivity index (χ1) is 9.62. The first kappa shape index (κ1) is 15.7. The van der Waals surface area contributed by atoms with Gasteiger partial charge in [0, 0.05) is 19.7 Å². The van der Waals surface area contributed by atoms with Crippen LogP contribution in [0.1, 0.15) is 39.0 Å². The number of primary amides is 1. The number of likely N-dealkylation sites (tertiary alicyclic amines) is 1. The summed E-state index contributed by atoms with van der Waals surface area (Å²) in [6.07, 6.45) is 5.84. The van der Waals surface area contributed by atoms with Crippen LogP contribution in [-0.4, -0.2) is 55.7 Å². The average Bonchev–Trinajstić information content (AvgIpc) is 3.27. The molecule has 0 bridgehead atoms. The molecule has 3 N–H and O–H groups in total. The molecule has 1 aliphatic carbocycles. The van der Waals surface area contributed by atoms with E-state index in [-0.39, 0.29) is 5.91 Å². The van der Waals surface area contributed by atoms with Gasteiger partial charge in [-0.05, 0) is 51.6 Å². The number of ether oxygens (including phenoxy) is 1. The number of likely N-dealkylation sites (N-methyl/N-ethyl adjacent to an activating group) is 1. The van der Waals surface area contributed by atoms with Crippen LogP contribution in [0.25, 0.3) is 0 Å². The summed E-state index contributed by atoms with van der Waals surface area (Å²) in [6.45, 7) is 5.63. The fourth-order valence-electron chi connectivity index (χ4n) is 3.32. The van der Waals surface area contributed by atoms with Gasteiger partial charge in [0.25, 0.3) is 0 Å². The lowest BCUT2D eigenvalue weighted by Crippen LogP contribution is -2.63. The highest BCUT2D eigenvalue weighted by atomic mass is 16.5. The van der Waals surface area contributed by atoms with Gasteiger partial charge in [-0.15, -0.1) is 0 Å². The molecule has 1 aliphatic heterocycles. The maximum atomic E-state index is 12.0. The Morgan fingerprint density at radius 3 is 2.75 bits per heavy atom. The first-order valence-corrected chi connectivity index (χ1v) is 7.95. The molecule has 20 heavy (non-hydrogen) atoms. The van der Waals surface area contributed by atoms with E-state index >= 15 is 0 Å². The van der Waals surface area contributed by atoms with E-state index in [2.05, 4.69) is 17.1 Å². The lowest BCUT2D eigenvalue weighted by molar-refractivity contribution is -0.126. The molecule has 5 nitrogen and oxygen atoms in total. The van der Waals surface area contributed by atoms with Crippen molar-refractivity contribution >= 4 is 5.91 Å². The molecule has 0 radical (unpaired) electrons. The Morgan fingerprint density at radius 1 is 1.45 bits per heavy atom. The highest BCUT2D eigenvalue weighted by molar-refractivity contribution is 5.86. The van der Waals surface area contributed by atoms with Gasteiger partial charge in [0.1, 0.15) is 5.54 Å². The van der Waals surface area contributed by atoms with Gasteiger partial charge < -0.3 is 15.8 Å². The minimum absolute atomic E-state index is 0.209. The summed E-state index contributed by atoms with van der Waals surface area (Å²) in [7, 11) is 1.86. The van der Waals surface area contributed by atoms with Gasteiger partial charge in [-0.25, -0.2) is 0 Å². The van der Waals surface area contributed by atoms with Crippen LogP contribution >= 0.6 is 0 Å². The first-order valence-electron chi connectivity index (χ1n) is 7.95. The van der Waals surface area contributed by atoms with E-state index in [1.165, 1.54) is 0 Å². The maximum Gasteiger partial charge on any atom is 0.239 e. The Hall–Kier alpha value is -0.650. The summed E-state index contributed by atoms with van der Waals surface area (Å²) in [5, 5.41) is 3.23. The van der Waals surface area contributed by atoms with Crippen molar-refractivity contribution in [3.63, 3.8) is 0 Å². The van der Waals surface area contributed by atoms with Crippen molar-refractivity contribution < 1.29 is 9.53 Å². The molecule has 0 aromatic carbocycles. The third-order valence-corrected chi connectivity index (χ3v) is 4.65. The lowest BCUT2D eigenvalue weighted by atomic mass is 9.90. The summed E-state index contributed by atoms with van der Waals surface area (Å²) < 4.78 is 5.87. The molecular weight excluding hydrogens is 254 g/mol. The predicted molar refractivity (Wildman–Crippen MR) is 79.4 cm³/mol. The average molecular weight is 283 g/mol. The Kier molecular flexibility index (Phi) is 5.41. The van der Waals surface area contributed by atoms with Crippen LogP contribution in [-0.2, 0) is 9.53 Å². The van der Waals surface area contributed by atoms with Gasteiger partial charge in [-0.2, -0.15) is 0 Å². The van der Waals surface area contributed by atoms with Crippen LogP contribution in [0.5, 0.6) is 0 Å². The Morgan fingerprint density at radius 2 is 2.20 bits per heavy atom. The third kappa shape index (κ3) is 3.51. The second-order valence-electron chi connectivity index (χ2n) is 6.23. The minimum atomic E-state index is -0.549. The highest BCUT2D eigenvalue weighted by Crippen LogP contribution is 2.40. The van der Waals surface area contributed by atoms with E-state index in [4.69, 9.17) is 10.5 Å². The molecule has 1 heterocycles. The molecule has 0 aromatic rings. The molecule has 1 saturated heterocycles. The van der Waals surface area contributed by atoms with Gasteiger partial charge in [0.05, 0.1) is 6.10 Å². The van der Waals surface area contributed by atoms with Crippen molar-refractivity contribution in [1.82, 2.24) is 10.2 Å². The molecule has 0 spiro atoms. The van der Waals surface area contributed by atoms with E-state index < -0.39 is 5.54 Å². The van der Waals surface area contributed by atoms with Crippen molar-refractivity contribution in [3.8, 4) is 0 Å². The number of nitrogens with zero attached hydrogens (tertiary/aromatic N) is 1. The van der Waals surface area contributed by atoms with Crippen molar-refractivity contribution in [3.05, 3.63) is 0 Å². The molecule has 2 rings (SSSR count). The van der Waals surface area contributed by atoms with Gasteiger partial charge in [-0.3, -0.25) is 9.69 Å². The molecule has 0 aromatic heterocycles. The van der Waals surface area contributed by atoms with Gasteiger partial charge in [-0.1, -0.05) is 6.92 Å². The molecule has 2 fully saturated rings. The fourth-order valence-corrected chi connectivity index (χ4v) is 3.32. The number of piperidine rings is 1. The van der Waals surface area contributed by atoms with Crippen LogP contribution in [0.4, 0.5) is 0 Å². The normalized spacial score (nSPS) is 27.2. The minimum Gasteiger partial charge on any atom is -0.377 e. The summed E-state index contributed by atoms with van der Waals surface area (Å²) in [4.78, 5) is 14.3. The topological polar surface area (TPSA) is 67.6 Å². The third-order valence-electron chi connectivity index (χ3n) is 4.65. The molecule has 2 unspecified atom stereocenters. The van der Waals surface area contributed by atoms with Crippen molar-refractivity contribution in [2.45, 2.75) is 50.7 Å². The van der Waals surface area contributed by atoms with Gasteiger partial charge in [0.15, 0.2) is 0 Å². The zero-order chi connectivity index (χ0) is 14.6. The molecule has 5 heteroatoms. The van der Waals surface area contributed by atoms with E-state index in [1.54, 1.807) is 0 Å². The largest absolute Gasteiger partial charge is 0.377 e. The van der Waals surface area contributed by atoms with Crippen LogP contribution in [0.15, 0.2) is 0 Å². The quantitative estimate of drug-likeness (QED) is 0.689. The van der Waals surface area contributed by atoms with Crippen LogP contribution in [0.3, 0.4) is 0 Å². The van der Waals surface area contributed by atoms with E-state index in [1.807, 2.05) is 7.05 Å². The number of hydrogen-bond acceptors (Lipinski definition) is 4. The van der Waals surface area contributed by atoms with Crippen LogP contribution in [0, 0.1) is 5.92 Å². The zero-order valence-corrected chi connectivity index (χ0v) is 12.9.